The van der Waals surface area contributed by atoms with Gasteiger partial charge in [0.25, 0.3) is 10.1 Å². The molecule has 1 rings (SSSR count). The van der Waals surface area contributed by atoms with E-state index in [9.17, 15) is 8.42 Å². The first-order valence-corrected chi connectivity index (χ1v) is 6.43. The van der Waals surface area contributed by atoms with Crippen LogP contribution in [-0.4, -0.2) is 23.7 Å². The summed E-state index contributed by atoms with van der Waals surface area (Å²) in [4.78, 5) is 4.00. The maximum Gasteiger partial charge on any atom is 0.264 e. The van der Waals surface area contributed by atoms with E-state index in [4.69, 9.17) is 4.55 Å². The Morgan fingerprint density at radius 3 is 2.64 bits per heavy atom. The Balaban J connectivity index is 2.43. The Morgan fingerprint density at radius 1 is 1.43 bits per heavy atom. The molecule has 0 unspecified atom stereocenters. The minimum absolute atomic E-state index is 0.205. The van der Waals surface area contributed by atoms with Gasteiger partial charge in [0.15, 0.2) is 0 Å². The number of nitrogens with zero attached hydrogens (tertiary/aromatic N) is 1. The summed E-state index contributed by atoms with van der Waals surface area (Å²) in [5.74, 6) is -0.205. The van der Waals surface area contributed by atoms with Crippen molar-refractivity contribution in [2.75, 3.05) is 5.75 Å². The van der Waals surface area contributed by atoms with Crippen molar-refractivity contribution < 1.29 is 13.0 Å². The van der Waals surface area contributed by atoms with Gasteiger partial charge < -0.3 is 0 Å². The lowest BCUT2D eigenvalue weighted by Crippen LogP contribution is -2.04. The molecule has 1 heterocycles. The van der Waals surface area contributed by atoms with E-state index in [0.29, 0.717) is 12.8 Å². The lowest BCUT2D eigenvalue weighted by Gasteiger charge is -1.99. The minimum atomic E-state index is -3.83. The van der Waals surface area contributed by atoms with Crippen LogP contribution in [0.4, 0.5) is 0 Å². The second-order valence-electron chi connectivity index (χ2n) is 2.88. The first kappa shape index (κ1) is 11.6. The van der Waals surface area contributed by atoms with Crippen molar-refractivity contribution in [1.29, 1.82) is 0 Å². The number of pyridine rings is 1. The van der Waals surface area contributed by atoms with Crippen LogP contribution in [0.3, 0.4) is 0 Å². The first-order valence-electron chi connectivity index (χ1n) is 4.03. The molecule has 0 fully saturated rings. The van der Waals surface area contributed by atoms with Crippen molar-refractivity contribution in [3.05, 3.63) is 28.5 Å². The zero-order valence-corrected chi connectivity index (χ0v) is 9.75. The molecule has 78 valence electrons. The lowest BCUT2D eigenvalue weighted by molar-refractivity contribution is 0.481. The van der Waals surface area contributed by atoms with E-state index < -0.39 is 10.1 Å². The molecule has 0 aromatic carbocycles. The van der Waals surface area contributed by atoms with E-state index in [2.05, 4.69) is 20.9 Å². The predicted molar refractivity (Wildman–Crippen MR) is 56.7 cm³/mol. The summed E-state index contributed by atoms with van der Waals surface area (Å²) in [6.07, 6.45) is 2.68. The van der Waals surface area contributed by atoms with Crippen LogP contribution in [-0.2, 0) is 16.5 Å². The van der Waals surface area contributed by atoms with Gasteiger partial charge in [-0.3, -0.25) is 4.55 Å². The molecule has 0 saturated heterocycles. The maximum atomic E-state index is 10.4. The van der Waals surface area contributed by atoms with E-state index in [0.717, 1.165) is 10.2 Å². The fourth-order valence-corrected chi connectivity index (χ4v) is 1.76. The smallest absolute Gasteiger partial charge is 0.264 e. The van der Waals surface area contributed by atoms with Crippen LogP contribution in [0.1, 0.15) is 12.0 Å². The normalized spacial score (nSPS) is 11.6. The van der Waals surface area contributed by atoms with Crippen molar-refractivity contribution in [2.24, 2.45) is 0 Å². The van der Waals surface area contributed by atoms with Gasteiger partial charge in [0, 0.05) is 6.20 Å². The predicted octanol–water partition coefficient (Wildman–Crippen LogP) is 1.66. The highest BCUT2D eigenvalue weighted by atomic mass is 79.9. The number of hydrogen-bond acceptors (Lipinski definition) is 3. The fraction of sp³-hybridized carbons (Fsp3) is 0.375. The molecular formula is C8H10BrNO3S. The van der Waals surface area contributed by atoms with Gasteiger partial charge in [0.2, 0.25) is 0 Å². The Bertz CT molecular complexity index is 388. The molecule has 14 heavy (non-hydrogen) atoms. The Morgan fingerprint density at radius 2 is 2.14 bits per heavy atom. The molecule has 0 radical (unpaired) electrons. The second kappa shape index (κ2) is 4.86. The average Bonchev–Trinajstić information content (AvgIpc) is 2.06. The van der Waals surface area contributed by atoms with Gasteiger partial charge >= 0.3 is 0 Å². The number of aryl methyl sites for hydroxylation is 1. The van der Waals surface area contributed by atoms with Gasteiger partial charge in [-0.2, -0.15) is 8.42 Å². The molecular weight excluding hydrogens is 270 g/mol. The largest absolute Gasteiger partial charge is 0.286 e. The molecule has 0 spiro atoms. The van der Waals surface area contributed by atoms with Crippen LogP contribution >= 0.6 is 15.9 Å². The minimum Gasteiger partial charge on any atom is -0.286 e. The Hall–Kier alpha value is -0.460. The highest BCUT2D eigenvalue weighted by Crippen LogP contribution is 2.08. The molecule has 0 aliphatic rings. The summed E-state index contributed by atoms with van der Waals surface area (Å²) in [7, 11) is -3.83. The molecule has 6 heteroatoms. The maximum absolute atomic E-state index is 10.4. The number of halogens is 1. The summed E-state index contributed by atoms with van der Waals surface area (Å²) in [5.41, 5.74) is 0.955. The molecule has 0 saturated carbocycles. The van der Waals surface area contributed by atoms with E-state index in [1.165, 1.54) is 0 Å². The number of hydrogen-bond donors (Lipinski definition) is 1. The van der Waals surface area contributed by atoms with Crippen molar-refractivity contribution >= 4 is 26.0 Å². The third kappa shape index (κ3) is 4.69. The fourth-order valence-electron chi connectivity index (χ4n) is 1.01. The third-order valence-corrected chi connectivity index (χ3v) is 2.93. The molecule has 0 aliphatic carbocycles. The van der Waals surface area contributed by atoms with Gasteiger partial charge in [0.1, 0.15) is 4.60 Å². The van der Waals surface area contributed by atoms with Crippen LogP contribution in [0.2, 0.25) is 0 Å². The van der Waals surface area contributed by atoms with Crippen molar-refractivity contribution in [1.82, 2.24) is 4.98 Å². The Labute approximate surface area is 91.2 Å². The molecule has 0 amide bonds. The van der Waals surface area contributed by atoms with Crippen LogP contribution < -0.4 is 0 Å². The van der Waals surface area contributed by atoms with Crippen LogP contribution in [0, 0.1) is 0 Å². The lowest BCUT2D eigenvalue weighted by atomic mass is 10.2. The molecule has 0 atom stereocenters. The highest BCUT2D eigenvalue weighted by molar-refractivity contribution is 9.10. The third-order valence-electron chi connectivity index (χ3n) is 1.66. The molecule has 0 bridgehead atoms. The zero-order valence-electron chi connectivity index (χ0n) is 7.35. The first-order chi connectivity index (χ1) is 6.47. The highest BCUT2D eigenvalue weighted by Gasteiger charge is 2.03. The Kier molecular flexibility index (Phi) is 4.03. The molecule has 4 nitrogen and oxygen atoms in total. The zero-order chi connectivity index (χ0) is 10.6. The van der Waals surface area contributed by atoms with Gasteiger partial charge in [-0.1, -0.05) is 6.07 Å². The molecule has 0 aliphatic heterocycles. The van der Waals surface area contributed by atoms with E-state index in [1.54, 1.807) is 12.3 Å². The monoisotopic (exact) mass is 279 g/mol. The topological polar surface area (TPSA) is 67.3 Å². The SMILES string of the molecule is O=S(=O)(O)CCCc1ccc(Br)nc1. The van der Waals surface area contributed by atoms with Crippen LogP contribution in [0.5, 0.6) is 0 Å². The quantitative estimate of drug-likeness (QED) is 0.673. The summed E-state index contributed by atoms with van der Waals surface area (Å²) in [6, 6.07) is 3.66. The van der Waals surface area contributed by atoms with Gasteiger partial charge in [-0.15, -0.1) is 0 Å². The van der Waals surface area contributed by atoms with Gasteiger partial charge in [0.05, 0.1) is 5.75 Å². The van der Waals surface area contributed by atoms with Crippen LogP contribution in [0.25, 0.3) is 0 Å². The number of rotatable bonds is 4. The van der Waals surface area contributed by atoms with Gasteiger partial charge in [-0.25, -0.2) is 4.98 Å². The molecule has 1 N–H and O–H groups in total. The summed E-state index contributed by atoms with van der Waals surface area (Å²) in [6.45, 7) is 0. The van der Waals surface area contributed by atoms with E-state index >= 15 is 0 Å². The summed E-state index contributed by atoms with van der Waals surface area (Å²) < 4.78 is 30.1. The summed E-state index contributed by atoms with van der Waals surface area (Å²) >= 11 is 3.20. The number of aromatic nitrogens is 1. The van der Waals surface area contributed by atoms with E-state index in [-0.39, 0.29) is 5.75 Å². The van der Waals surface area contributed by atoms with Gasteiger partial charge in [-0.05, 0) is 40.4 Å². The van der Waals surface area contributed by atoms with Crippen molar-refractivity contribution in [2.45, 2.75) is 12.8 Å². The second-order valence-corrected chi connectivity index (χ2v) is 5.26. The average molecular weight is 280 g/mol. The van der Waals surface area contributed by atoms with Crippen LogP contribution in [0.15, 0.2) is 22.9 Å². The summed E-state index contributed by atoms with van der Waals surface area (Å²) in [5, 5.41) is 0. The molecule has 1 aromatic rings. The van der Waals surface area contributed by atoms with Crippen molar-refractivity contribution in [3.63, 3.8) is 0 Å². The standard InChI is InChI=1S/C8H10BrNO3S/c9-8-4-3-7(6-10-8)2-1-5-14(11,12)13/h3-4,6H,1-2,5H2,(H,11,12,13). The van der Waals surface area contributed by atoms with Crippen molar-refractivity contribution in [3.8, 4) is 0 Å². The molecule has 1 aromatic heterocycles. The van der Waals surface area contributed by atoms with E-state index in [1.807, 2.05) is 6.07 Å².